The van der Waals surface area contributed by atoms with Gasteiger partial charge in [-0.2, -0.15) is 0 Å². The highest BCUT2D eigenvalue weighted by molar-refractivity contribution is 5.90. The lowest BCUT2D eigenvalue weighted by Crippen LogP contribution is -1.98. The molecule has 2 aromatic rings. The van der Waals surface area contributed by atoms with Crippen LogP contribution in [0.1, 0.15) is 42.6 Å². The molecular formula is C20H22N2O. The Labute approximate surface area is 137 Å². The summed E-state index contributed by atoms with van der Waals surface area (Å²) in [6.45, 7) is 6.06. The van der Waals surface area contributed by atoms with Gasteiger partial charge >= 0.3 is 0 Å². The predicted octanol–water partition coefficient (Wildman–Crippen LogP) is 5.25. The second-order valence-corrected chi connectivity index (χ2v) is 5.86. The maximum atomic E-state index is 10.8. The van der Waals surface area contributed by atoms with E-state index in [2.05, 4.69) is 37.4 Å². The highest BCUT2D eigenvalue weighted by Crippen LogP contribution is 2.30. The Morgan fingerprint density at radius 3 is 2.30 bits per heavy atom. The van der Waals surface area contributed by atoms with E-state index in [1.165, 1.54) is 5.56 Å². The normalized spacial score (nSPS) is 11.0. The van der Waals surface area contributed by atoms with E-state index in [-0.39, 0.29) is 0 Å². The Bertz CT molecular complexity index is 728. The maximum Gasteiger partial charge on any atom is 0.150 e. The van der Waals surface area contributed by atoms with Gasteiger partial charge in [-0.1, -0.05) is 44.2 Å². The van der Waals surface area contributed by atoms with Crippen LogP contribution in [-0.4, -0.2) is 12.0 Å². The summed E-state index contributed by atoms with van der Waals surface area (Å²) in [5, 5.41) is 10.7. The maximum absolute atomic E-state index is 10.8. The Morgan fingerprint density at radius 1 is 1.09 bits per heavy atom. The van der Waals surface area contributed by atoms with Gasteiger partial charge in [-0.15, -0.1) is 0 Å². The number of nitrogens with one attached hydrogen (secondary N) is 2. The predicted molar refractivity (Wildman–Crippen MR) is 97.5 cm³/mol. The van der Waals surface area contributed by atoms with Gasteiger partial charge in [0, 0.05) is 23.2 Å². The van der Waals surface area contributed by atoms with Gasteiger partial charge in [0.2, 0.25) is 0 Å². The molecule has 0 aliphatic carbocycles. The van der Waals surface area contributed by atoms with E-state index in [1.807, 2.05) is 24.3 Å². The van der Waals surface area contributed by atoms with Gasteiger partial charge in [0.25, 0.3) is 0 Å². The summed E-state index contributed by atoms with van der Waals surface area (Å²) in [5.74, 6) is 0.376. The van der Waals surface area contributed by atoms with Crippen molar-refractivity contribution >= 4 is 17.7 Å². The molecule has 0 radical (unpaired) electrons. The SMILES string of the molecule is CC(=N)/C=C\Nc1ccc(-c2ccc(C=O)cc2)cc1C(C)C. The van der Waals surface area contributed by atoms with Gasteiger partial charge in [-0.25, -0.2) is 0 Å². The first-order valence-electron chi connectivity index (χ1n) is 7.69. The third-order valence-electron chi connectivity index (χ3n) is 3.63. The molecule has 2 N–H and O–H groups in total. The van der Waals surface area contributed by atoms with Crippen LogP contribution in [0.5, 0.6) is 0 Å². The van der Waals surface area contributed by atoms with Gasteiger partial charge in [-0.3, -0.25) is 4.79 Å². The summed E-state index contributed by atoms with van der Waals surface area (Å²) in [5.41, 5.74) is 5.68. The molecule has 0 bridgehead atoms. The van der Waals surface area contributed by atoms with Gasteiger partial charge in [0.1, 0.15) is 6.29 Å². The third kappa shape index (κ3) is 4.39. The van der Waals surface area contributed by atoms with Gasteiger partial charge in [0.15, 0.2) is 0 Å². The molecule has 0 atom stereocenters. The molecule has 3 nitrogen and oxygen atoms in total. The third-order valence-corrected chi connectivity index (χ3v) is 3.63. The molecule has 0 saturated heterocycles. The molecule has 0 aromatic heterocycles. The van der Waals surface area contributed by atoms with Crippen molar-refractivity contribution in [1.29, 1.82) is 5.41 Å². The summed E-state index contributed by atoms with van der Waals surface area (Å²) in [7, 11) is 0. The molecule has 3 heteroatoms. The largest absolute Gasteiger partial charge is 0.361 e. The highest BCUT2D eigenvalue weighted by atomic mass is 16.1. The summed E-state index contributed by atoms with van der Waals surface area (Å²) < 4.78 is 0. The van der Waals surface area contributed by atoms with Gasteiger partial charge < -0.3 is 10.7 Å². The first-order chi connectivity index (χ1) is 11.0. The van der Waals surface area contributed by atoms with E-state index in [4.69, 9.17) is 5.41 Å². The molecule has 118 valence electrons. The molecular weight excluding hydrogens is 284 g/mol. The average Bonchev–Trinajstić information content (AvgIpc) is 2.54. The number of hydrogen-bond donors (Lipinski definition) is 2. The van der Waals surface area contributed by atoms with Gasteiger partial charge in [0.05, 0.1) is 0 Å². The van der Waals surface area contributed by atoms with Crippen molar-refractivity contribution in [3.63, 3.8) is 0 Å². The molecule has 23 heavy (non-hydrogen) atoms. The minimum absolute atomic E-state index is 0.376. The zero-order valence-corrected chi connectivity index (χ0v) is 13.8. The summed E-state index contributed by atoms with van der Waals surface area (Å²) in [4.78, 5) is 10.8. The monoisotopic (exact) mass is 306 g/mol. The molecule has 0 unspecified atom stereocenters. The topological polar surface area (TPSA) is 53.0 Å². The first-order valence-corrected chi connectivity index (χ1v) is 7.69. The summed E-state index contributed by atoms with van der Waals surface area (Å²) in [6, 6.07) is 13.9. The second-order valence-electron chi connectivity index (χ2n) is 5.86. The fourth-order valence-corrected chi connectivity index (χ4v) is 2.36. The second kappa shape index (κ2) is 7.54. The Balaban J connectivity index is 2.34. The Hall–Kier alpha value is -2.68. The van der Waals surface area contributed by atoms with E-state index in [1.54, 1.807) is 19.2 Å². The lowest BCUT2D eigenvalue weighted by molar-refractivity contribution is 0.112. The lowest BCUT2D eigenvalue weighted by atomic mass is 9.95. The van der Waals surface area contributed by atoms with Crippen LogP contribution in [-0.2, 0) is 0 Å². The number of aldehydes is 1. The van der Waals surface area contributed by atoms with Crippen molar-refractivity contribution < 1.29 is 4.79 Å². The zero-order valence-electron chi connectivity index (χ0n) is 13.8. The van der Waals surface area contributed by atoms with E-state index in [0.717, 1.165) is 23.1 Å². The molecule has 0 fully saturated rings. The van der Waals surface area contributed by atoms with Crippen LogP contribution < -0.4 is 5.32 Å². The minimum Gasteiger partial charge on any atom is -0.361 e. The van der Waals surface area contributed by atoms with Crippen LogP contribution in [0.2, 0.25) is 0 Å². The van der Waals surface area contributed by atoms with Crippen LogP contribution in [0.25, 0.3) is 11.1 Å². The number of allylic oxidation sites excluding steroid dienone is 1. The van der Waals surface area contributed by atoms with Crippen molar-refractivity contribution in [2.75, 3.05) is 5.32 Å². The molecule has 0 aliphatic heterocycles. The van der Waals surface area contributed by atoms with Crippen molar-refractivity contribution in [3.05, 3.63) is 65.9 Å². The zero-order chi connectivity index (χ0) is 16.8. The van der Waals surface area contributed by atoms with Crippen LogP contribution in [0, 0.1) is 5.41 Å². The van der Waals surface area contributed by atoms with Crippen molar-refractivity contribution in [2.24, 2.45) is 0 Å². The number of carbonyl (C=O) groups is 1. The summed E-state index contributed by atoms with van der Waals surface area (Å²) in [6.07, 6.45) is 4.38. The highest BCUT2D eigenvalue weighted by Gasteiger charge is 2.08. The van der Waals surface area contributed by atoms with E-state index in [0.29, 0.717) is 17.2 Å². The minimum atomic E-state index is 0.376. The van der Waals surface area contributed by atoms with Crippen LogP contribution in [0.15, 0.2) is 54.7 Å². The average molecular weight is 306 g/mol. The molecule has 2 aromatic carbocycles. The number of carbonyl (C=O) groups excluding carboxylic acids is 1. The number of rotatable bonds is 6. The molecule has 0 saturated carbocycles. The van der Waals surface area contributed by atoms with E-state index < -0.39 is 0 Å². The van der Waals surface area contributed by atoms with Crippen LogP contribution >= 0.6 is 0 Å². The first kappa shape index (κ1) is 16.7. The smallest absolute Gasteiger partial charge is 0.150 e. The van der Waals surface area contributed by atoms with Crippen LogP contribution in [0.4, 0.5) is 5.69 Å². The molecule has 0 aliphatic rings. The molecule has 0 spiro atoms. The van der Waals surface area contributed by atoms with Crippen molar-refractivity contribution in [1.82, 2.24) is 0 Å². The van der Waals surface area contributed by atoms with E-state index in [9.17, 15) is 4.79 Å². The number of anilines is 1. The summed E-state index contributed by atoms with van der Waals surface area (Å²) >= 11 is 0. The standard InChI is InChI=1S/C20H22N2O/c1-14(2)19-12-18(17-6-4-16(13-23)5-7-17)8-9-20(19)22-11-10-15(3)21/h4-14,21-22H,1-3H3/b11-10-,21-15?. The Kier molecular flexibility index (Phi) is 5.47. The molecule has 0 amide bonds. The fourth-order valence-electron chi connectivity index (χ4n) is 2.36. The van der Waals surface area contributed by atoms with Crippen molar-refractivity contribution in [3.8, 4) is 11.1 Å². The quantitative estimate of drug-likeness (QED) is 0.565. The lowest BCUT2D eigenvalue weighted by Gasteiger charge is -2.15. The number of hydrogen-bond acceptors (Lipinski definition) is 3. The fraction of sp³-hybridized carbons (Fsp3) is 0.200. The van der Waals surface area contributed by atoms with E-state index >= 15 is 0 Å². The molecule has 2 rings (SSSR count). The molecule has 0 heterocycles. The van der Waals surface area contributed by atoms with Crippen molar-refractivity contribution in [2.45, 2.75) is 26.7 Å². The number of benzene rings is 2. The Morgan fingerprint density at radius 2 is 1.74 bits per heavy atom. The van der Waals surface area contributed by atoms with Gasteiger partial charge in [-0.05, 0) is 47.7 Å². The van der Waals surface area contributed by atoms with Crippen LogP contribution in [0.3, 0.4) is 0 Å².